The van der Waals surface area contributed by atoms with Crippen molar-refractivity contribution in [3.63, 3.8) is 0 Å². The highest BCUT2D eigenvalue weighted by molar-refractivity contribution is 7.12. The van der Waals surface area contributed by atoms with Gasteiger partial charge in [0.15, 0.2) is 5.78 Å². The first kappa shape index (κ1) is 18.5. The fraction of sp³-hybridized carbons (Fsp3) is 0.333. The van der Waals surface area contributed by atoms with Crippen molar-refractivity contribution in [2.24, 2.45) is 0 Å². The fourth-order valence-corrected chi connectivity index (χ4v) is 3.33. The molecular formula is C18H20ClNO3S. The van der Waals surface area contributed by atoms with Crippen molar-refractivity contribution in [1.29, 1.82) is 0 Å². The van der Waals surface area contributed by atoms with Crippen LogP contribution < -0.4 is 0 Å². The molecule has 1 heterocycles. The van der Waals surface area contributed by atoms with E-state index in [-0.39, 0.29) is 5.78 Å². The lowest BCUT2D eigenvalue weighted by atomic mass is 10.1. The second-order valence-electron chi connectivity index (χ2n) is 5.47. The SMILES string of the molecule is O=C(CCCCN(CCc1ccccc1Cl)C(=O)O)c1cccs1. The number of rotatable bonds is 9. The molecule has 128 valence electrons. The average molecular weight is 366 g/mol. The number of hydrogen-bond donors (Lipinski definition) is 1. The Kier molecular flexibility index (Phi) is 7.28. The van der Waals surface area contributed by atoms with Crippen LogP contribution in [0.1, 0.15) is 34.5 Å². The monoisotopic (exact) mass is 365 g/mol. The van der Waals surface area contributed by atoms with Gasteiger partial charge in [-0.05, 0) is 42.3 Å². The molecule has 0 fully saturated rings. The maximum absolute atomic E-state index is 11.9. The summed E-state index contributed by atoms with van der Waals surface area (Å²) in [5.74, 6) is 0.128. The zero-order valence-corrected chi connectivity index (χ0v) is 14.9. The van der Waals surface area contributed by atoms with Gasteiger partial charge in [0.2, 0.25) is 0 Å². The maximum atomic E-state index is 11.9. The lowest BCUT2D eigenvalue weighted by molar-refractivity contribution is 0.0982. The van der Waals surface area contributed by atoms with Crippen molar-refractivity contribution in [1.82, 2.24) is 4.90 Å². The zero-order chi connectivity index (χ0) is 17.4. The van der Waals surface area contributed by atoms with Crippen molar-refractivity contribution < 1.29 is 14.7 Å². The number of carboxylic acid groups (broad SMARTS) is 1. The van der Waals surface area contributed by atoms with Crippen molar-refractivity contribution in [3.8, 4) is 0 Å². The number of halogens is 1. The number of Topliss-reactive ketones (excluding diaryl/α,β-unsaturated/α-hetero) is 1. The molecule has 0 aliphatic carbocycles. The van der Waals surface area contributed by atoms with E-state index in [0.29, 0.717) is 43.8 Å². The summed E-state index contributed by atoms with van der Waals surface area (Å²) < 4.78 is 0. The second-order valence-corrected chi connectivity index (χ2v) is 6.82. The standard InChI is InChI=1S/C18H20ClNO3S/c19-15-7-2-1-6-14(15)10-12-20(18(22)23)11-4-3-8-16(21)17-9-5-13-24-17/h1-2,5-7,9,13H,3-4,8,10-12H2,(H,22,23). The normalized spacial score (nSPS) is 10.5. The van der Waals surface area contributed by atoms with Crippen molar-refractivity contribution in [2.75, 3.05) is 13.1 Å². The van der Waals surface area contributed by atoms with Gasteiger partial charge >= 0.3 is 6.09 Å². The van der Waals surface area contributed by atoms with E-state index in [9.17, 15) is 14.7 Å². The second kappa shape index (κ2) is 9.45. The first-order valence-corrected chi connectivity index (χ1v) is 9.11. The minimum atomic E-state index is -0.938. The summed E-state index contributed by atoms with van der Waals surface area (Å²) in [6.07, 6.45) is 1.46. The van der Waals surface area contributed by atoms with E-state index in [2.05, 4.69) is 0 Å². The van der Waals surface area contributed by atoms with Crippen molar-refractivity contribution in [2.45, 2.75) is 25.7 Å². The fourth-order valence-electron chi connectivity index (χ4n) is 2.41. The Balaban J connectivity index is 1.74. The van der Waals surface area contributed by atoms with Crippen LogP contribution >= 0.6 is 22.9 Å². The van der Waals surface area contributed by atoms with Gasteiger partial charge in [0.25, 0.3) is 0 Å². The number of unbranched alkanes of at least 4 members (excludes halogenated alkanes) is 1. The van der Waals surface area contributed by atoms with Gasteiger partial charge in [-0.1, -0.05) is 35.9 Å². The molecule has 6 heteroatoms. The predicted octanol–water partition coefficient (Wildman–Crippen LogP) is 4.98. The molecule has 1 aromatic carbocycles. The van der Waals surface area contributed by atoms with E-state index >= 15 is 0 Å². The lowest BCUT2D eigenvalue weighted by Crippen LogP contribution is -2.32. The van der Waals surface area contributed by atoms with E-state index in [1.165, 1.54) is 16.2 Å². The van der Waals surface area contributed by atoms with Crippen molar-refractivity contribution in [3.05, 3.63) is 57.2 Å². The first-order chi connectivity index (χ1) is 11.6. The van der Waals surface area contributed by atoms with E-state index in [4.69, 9.17) is 11.6 Å². The molecule has 1 amide bonds. The molecule has 1 N–H and O–H groups in total. The number of amides is 1. The third kappa shape index (κ3) is 5.65. The van der Waals surface area contributed by atoms with Crippen LogP contribution in [0.3, 0.4) is 0 Å². The molecule has 0 saturated carbocycles. The van der Waals surface area contributed by atoms with Crippen LogP contribution in [0.5, 0.6) is 0 Å². The number of hydrogen-bond acceptors (Lipinski definition) is 3. The van der Waals surface area contributed by atoms with Gasteiger partial charge in [-0.2, -0.15) is 0 Å². The average Bonchev–Trinajstić information content (AvgIpc) is 3.09. The summed E-state index contributed by atoms with van der Waals surface area (Å²) in [4.78, 5) is 25.4. The highest BCUT2D eigenvalue weighted by atomic mass is 35.5. The third-order valence-corrected chi connectivity index (χ3v) is 5.04. The minimum absolute atomic E-state index is 0.128. The summed E-state index contributed by atoms with van der Waals surface area (Å²) in [7, 11) is 0. The first-order valence-electron chi connectivity index (χ1n) is 7.86. The van der Waals surface area contributed by atoms with E-state index in [0.717, 1.165) is 10.4 Å². The molecule has 0 atom stereocenters. The summed E-state index contributed by atoms with van der Waals surface area (Å²) in [6, 6.07) is 11.1. The Labute approximate surface area is 150 Å². The van der Waals surface area contributed by atoms with Crippen molar-refractivity contribution >= 4 is 34.8 Å². The largest absolute Gasteiger partial charge is 0.465 e. The van der Waals surface area contributed by atoms with Gasteiger partial charge in [0, 0.05) is 24.5 Å². The molecule has 1 aromatic heterocycles. The van der Waals surface area contributed by atoms with Gasteiger partial charge < -0.3 is 10.0 Å². The molecule has 0 unspecified atom stereocenters. The van der Waals surface area contributed by atoms with E-state index < -0.39 is 6.09 Å². The molecule has 0 aliphatic rings. The highest BCUT2D eigenvalue weighted by Gasteiger charge is 2.13. The number of carbonyl (C=O) groups is 2. The molecule has 0 aliphatic heterocycles. The molecule has 0 spiro atoms. The number of ketones is 1. The van der Waals surface area contributed by atoms with Gasteiger partial charge in [-0.25, -0.2) is 4.79 Å². The van der Waals surface area contributed by atoms with Gasteiger partial charge in [-0.15, -0.1) is 11.3 Å². The number of carbonyl (C=O) groups excluding carboxylic acids is 1. The van der Waals surface area contributed by atoms with E-state index in [1.54, 1.807) is 6.07 Å². The van der Waals surface area contributed by atoms with Crippen LogP contribution in [-0.4, -0.2) is 35.0 Å². The smallest absolute Gasteiger partial charge is 0.407 e. The van der Waals surface area contributed by atoms with Crippen LogP contribution in [0.2, 0.25) is 5.02 Å². The molecule has 0 bridgehead atoms. The Morgan fingerprint density at radius 1 is 1.08 bits per heavy atom. The van der Waals surface area contributed by atoms with Gasteiger partial charge in [0.05, 0.1) is 4.88 Å². The zero-order valence-electron chi connectivity index (χ0n) is 13.3. The molecule has 2 aromatic rings. The topological polar surface area (TPSA) is 57.6 Å². The van der Waals surface area contributed by atoms with Crippen LogP contribution in [0.15, 0.2) is 41.8 Å². The predicted molar refractivity (Wildman–Crippen MR) is 97.3 cm³/mol. The van der Waals surface area contributed by atoms with Crippen LogP contribution in [0.4, 0.5) is 4.79 Å². The molecule has 4 nitrogen and oxygen atoms in total. The van der Waals surface area contributed by atoms with Gasteiger partial charge in [0.1, 0.15) is 0 Å². The number of benzene rings is 1. The number of nitrogens with zero attached hydrogens (tertiary/aromatic N) is 1. The molecule has 0 saturated heterocycles. The quantitative estimate of drug-likeness (QED) is 0.503. The molecule has 24 heavy (non-hydrogen) atoms. The van der Waals surface area contributed by atoms with Crippen LogP contribution in [0, 0.1) is 0 Å². The van der Waals surface area contributed by atoms with Gasteiger partial charge in [-0.3, -0.25) is 4.79 Å². The minimum Gasteiger partial charge on any atom is -0.465 e. The lowest BCUT2D eigenvalue weighted by Gasteiger charge is -2.19. The molecule has 2 rings (SSSR count). The summed E-state index contributed by atoms with van der Waals surface area (Å²) in [6.45, 7) is 0.829. The Morgan fingerprint density at radius 2 is 1.88 bits per heavy atom. The Morgan fingerprint density at radius 3 is 2.54 bits per heavy atom. The van der Waals surface area contributed by atoms with Crippen LogP contribution in [-0.2, 0) is 6.42 Å². The summed E-state index contributed by atoms with van der Waals surface area (Å²) in [5.41, 5.74) is 0.943. The Bertz CT molecular complexity index is 673. The summed E-state index contributed by atoms with van der Waals surface area (Å²) >= 11 is 7.54. The van der Waals surface area contributed by atoms with E-state index in [1.807, 2.05) is 35.7 Å². The molecular weight excluding hydrogens is 346 g/mol. The number of thiophene rings is 1. The highest BCUT2D eigenvalue weighted by Crippen LogP contribution is 2.16. The third-order valence-electron chi connectivity index (χ3n) is 3.76. The van der Waals surface area contributed by atoms with Crippen LogP contribution in [0.25, 0.3) is 0 Å². The Hall–Kier alpha value is -1.85. The maximum Gasteiger partial charge on any atom is 0.407 e. The molecule has 0 radical (unpaired) electrons. The summed E-state index contributed by atoms with van der Waals surface area (Å²) in [5, 5.41) is 11.8.